The Hall–Kier alpha value is -3.32. The zero-order valence-electron chi connectivity index (χ0n) is 20.3. The molecular weight excluding hydrogens is 508 g/mol. The molecule has 7 heteroatoms. The summed E-state index contributed by atoms with van der Waals surface area (Å²) in [5, 5.41) is 2.75. The summed E-state index contributed by atoms with van der Waals surface area (Å²) in [6.07, 6.45) is 1.20. The minimum Gasteiger partial charge on any atom is -0.493 e. The number of nitrogens with one attached hydrogen (secondary N) is 1. The number of carbonyl (C=O) groups excluding carboxylic acids is 2. The van der Waals surface area contributed by atoms with Crippen LogP contribution in [-0.4, -0.2) is 44.0 Å². The summed E-state index contributed by atoms with van der Waals surface area (Å²) in [4.78, 5) is 28.3. The van der Waals surface area contributed by atoms with E-state index >= 15 is 0 Å². The summed E-state index contributed by atoms with van der Waals surface area (Å²) < 4.78 is 11.7. The van der Waals surface area contributed by atoms with Gasteiger partial charge in [-0.2, -0.15) is 0 Å². The van der Waals surface area contributed by atoms with Crippen LogP contribution in [0, 0.1) is 0 Å². The lowest BCUT2D eigenvalue weighted by molar-refractivity contribution is -0.141. The van der Waals surface area contributed by atoms with E-state index in [-0.39, 0.29) is 18.2 Å². The lowest BCUT2D eigenvalue weighted by atomic mass is 10.0. The quantitative estimate of drug-likeness (QED) is 0.381. The molecule has 0 saturated heterocycles. The molecule has 1 atom stereocenters. The molecule has 0 unspecified atom stereocenters. The average molecular weight is 539 g/mol. The second-order valence-electron chi connectivity index (χ2n) is 8.16. The number of likely N-dealkylation sites (N-methyl/N-ethyl adjacent to an activating group) is 1. The summed E-state index contributed by atoms with van der Waals surface area (Å²) >= 11 is 3.46. The summed E-state index contributed by atoms with van der Waals surface area (Å²) in [7, 11) is 4.78. The molecule has 0 aromatic heterocycles. The molecule has 3 rings (SSSR count). The van der Waals surface area contributed by atoms with Crippen molar-refractivity contribution in [3.63, 3.8) is 0 Å². The molecule has 0 heterocycles. The SMILES string of the molecule is CNC(=O)[C@@H](Cc1ccccc1)N(Cc1ccc(Br)cc1)C(=O)CCc1ccc(OC)c(OC)c1. The van der Waals surface area contributed by atoms with Gasteiger partial charge in [0.15, 0.2) is 11.5 Å². The van der Waals surface area contributed by atoms with E-state index in [4.69, 9.17) is 9.47 Å². The average Bonchev–Trinajstić information content (AvgIpc) is 2.90. The largest absolute Gasteiger partial charge is 0.493 e. The lowest BCUT2D eigenvalue weighted by Gasteiger charge is -2.31. The fourth-order valence-corrected chi connectivity index (χ4v) is 4.20. The van der Waals surface area contributed by atoms with E-state index in [0.29, 0.717) is 30.9 Å². The summed E-state index contributed by atoms with van der Waals surface area (Å²) in [6.45, 7) is 0.336. The highest BCUT2D eigenvalue weighted by Crippen LogP contribution is 2.28. The summed E-state index contributed by atoms with van der Waals surface area (Å²) in [5.41, 5.74) is 2.91. The third-order valence-corrected chi connectivity index (χ3v) is 6.39. The van der Waals surface area contributed by atoms with Gasteiger partial charge in [0.1, 0.15) is 6.04 Å². The molecule has 1 N–H and O–H groups in total. The van der Waals surface area contributed by atoms with Crippen molar-refractivity contribution in [2.45, 2.75) is 31.8 Å². The lowest BCUT2D eigenvalue weighted by Crippen LogP contribution is -2.49. The Morgan fingerprint density at radius 3 is 2.17 bits per heavy atom. The van der Waals surface area contributed by atoms with Gasteiger partial charge >= 0.3 is 0 Å². The highest BCUT2D eigenvalue weighted by molar-refractivity contribution is 9.10. The number of carbonyl (C=O) groups is 2. The molecule has 0 aliphatic rings. The zero-order valence-corrected chi connectivity index (χ0v) is 21.9. The van der Waals surface area contributed by atoms with Gasteiger partial charge in [0.25, 0.3) is 0 Å². The Labute approximate surface area is 215 Å². The smallest absolute Gasteiger partial charge is 0.242 e. The van der Waals surface area contributed by atoms with E-state index < -0.39 is 6.04 Å². The van der Waals surface area contributed by atoms with Crippen LogP contribution in [0.4, 0.5) is 0 Å². The van der Waals surface area contributed by atoms with Gasteiger partial charge in [0.2, 0.25) is 11.8 Å². The molecule has 0 radical (unpaired) electrons. The third-order valence-electron chi connectivity index (χ3n) is 5.86. The van der Waals surface area contributed by atoms with Crippen LogP contribution in [0.3, 0.4) is 0 Å². The van der Waals surface area contributed by atoms with E-state index in [1.165, 1.54) is 0 Å². The van der Waals surface area contributed by atoms with Crippen molar-refractivity contribution in [1.82, 2.24) is 10.2 Å². The van der Waals surface area contributed by atoms with Gasteiger partial charge in [0, 0.05) is 30.9 Å². The molecule has 35 heavy (non-hydrogen) atoms. The molecule has 0 aliphatic carbocycles. The molecule has 3 aromatic rings. The van der Waals surface area contributed by atoms with Gasteiger partial charge in [0.05, 0.1) is 14.2 Å². The van der Waals surface area contributed by atoms with Crippen molar-refractivity contribution >= 4 is 27.7 Å². The number of ether oxygens (including phenoxy) is 2. The van der Waals surface area contributed by atoms with E-state index in [9.17, 15) is 9.59 Å². The van der Waals surface area contributed by atoms with Crippen molar-refractivity contribution in [2.75, 3.05) is 21.3 Å². The standard InChI is InChI=1S/C28H31BrN2O4/c1-30-28(33)24(17-20-7-5-4-6-8-20)31(19-22-9-13-23(29)14-10-22)27(32)16-12-21-11-15-25(34-2)26(18-21)35-3/h4-11,13-15,18,24H,12,16-17,19H2,1-3H3,(H,30,33)/t24-/m1/s1. The maximum absolute atomic E-state index is 13.6. The van der Waals surface area contributed by atoms with Crippen LogP contribution < -0.4 is 14.8 Å². The summed E-state index contributed by atoms with van der Waals surface area (Å²) in [5.74, 6) is 0.983. The van der Waals surface area contributed by atoms with Gasteiger partial charge in [-0.3, -0.25) is 9.59 Å². The minimum absolute atomic E-state index is 0.0905. The number of aryl methyl sites for hydroxylation is 1. The van der Waals surface area contributed by atoms with Crippen LogP contribution in [0.15, 0.2) is 77.3 Å². The van der Waals surface area contributed by atoms with Crippen molar-refractivity contribution in [2.24, 2.45) is 0 Å². The van der Waals surface area contributed by atoms with Crippen LogP contribution in [0.2, 0.25) is 0 Å². The Bertz CT molecular complexity index is 1120. The first-order valence-corrected chi connectivity index (χ1v) is 12.2. The maximum Gasteiger partial charge on any atom is 0.242 e. The van der Waals surface area contributed by atoms with Crippen molar-refractivity contribution in [1.29, 1.82) is 0 Å². The van der Waals surface area contributed by atoms with Crippen molar-refractivity contribution in [3.8, 4) is 11.5 Å². The molecule has 3 aromatic carbocycles. The number of hydrogen-bond donors (Lipinski definition) is 1. The molecule has 2 amide bonds. The Balaban J connectivity index is 1.86. The molecule has 0 aliphatic heterocycles. The van der Waals surface area contributed by atoms with E-state index in [0.717, 1.165) is 21.2 Å². The van der Waals surface area contributed by atoms with Crippen LogP contribution in [0.1, 0.15) is 23.1 Å². The fraction of sp³-hybridized carbons (Fsp3) is 0.286. The minimum atomic E-state index is -0.635. The van der Waals surface area contributed by atoms with Crippen LogP contribution >= 0.6 is 15.9 Å². The molecule has 0 saturated carbocycles. The molecular formula is C28H31BrN2O4. The molecule has 6 nitrogen and oxygen atoms in total. The topological polar surface area (TPSA) is 67.9 Å². The zero-order chi connectivity index (χ0) is 25.2. The van der Waals surface area contributed by atoms with Crippen molar-refractivity contribution in [3.05, 3.63) is 94.0 Å². The van der Waals surface area contributed by atoms with Gasteiger partial charge in [-0.25, -0.2) is 0 Å². The van der Waals surface area contributed by atoms with Crippen LogP contribution in [-0.2, 0) is 29.0 Å². The molecule has 0 fully saturated rings. The van der Waals surface area contributed by atoms with Crippen molar-refractivity contribution < 1.29 is 19.1 Å². The number of benzene rings is 3. The van der Waals surface area contributed by atoms with E-state index in [1.54, 1.807) is 26.2 Å². The molecule has 0 spiro atoms. The second-order valence-corrected chi connectivity index (χ2v) is 9.07. The Morgan fingerprint density at radius 2 is 1.54 bits per heavy atom. The maximum atomic E-state index is 13.6. The van der Waals surface area contributed by atoms with Crippen LogP contribution in [0.5, 0.6) is 11.5 Å². The number of halogens is 1. The highest BCUT2D eigenvalue weighted by Gasteiger charge is 2.29. The number of amides is 2. The first-order valence-electron chi connectivity index (χ1n) is 11.5. The van der Waals surface area contributed by atoms with E-state index in [1.807, 2.05) is 72.8 Å². The second kappa shape index (κ2) is 13.0. The third kappa shape index (κ3) is 7.33. The van der Waals surface area contributed by atoms with Gasteiger partial charge in [-0.1, -0.05) is 64.5 Å². The number of hydrogen-bond acceptors (Lipinski definition) is 4. The van der Waals surface area contributed by atoms with Gasteiger partial charge in [-0.15, -0.1) is 0 Å². The van der Waals surface area contributed by atoms with Crippen LogP contribution in [0.25, 0.3) is 0 Å². The number of methoxy groups -OCH3 is 2. The van der Waals surface area contributed by atoms with Gasteiger partial charge < -0.3 is 19.7 Å². The predicted octanol–water partition coefficient (Wildman–Crippen LogP) is 4.79. The first-order chi connectivity index (χ1) is 16.9. The monoisotopic (exact) mass is 538 g/mol. The first kappa shape index (κ1) is 26.3. The summed E-state index contributed by atoms with van der Waals surface area (Å²) in [6, 6.07) is 22.6. The van der Waals surface area contributed by atoms with E-state index in [2.05, 4.69) is 21.2 Å². The fourth-order valence-electron chi connectivity index (χ4n) is 3.94. The highest BCUT2D eigenvalue weighted by atomic mass is 79.9. The predicted molar refractivity (Wildman–Crippen MR) is 141 cm³/mol. The van der Waals surface area contributed by atoms with Gasteiger partial charge in [-0.05, 0) is 47.4 Å². The number of nitrogens with zero attached hydrogens (tertiary/aromatic N) is 1. The number of rotatable bonds is 11. The normalized spacial score (nSPS) is 11.4. The molecule has 184 valence electrons. The Morgan fingerprint density at radius 1 is 0.886 bits per heavy atom. The molecule has 0 bridgehead atoms. The Kier molecular flexibility index (Phi) is 9.73.